The highest BCUT2D eigenvalue weighted by Crippen LogP contribution is 2.54. The summed E-state index contributed by atoms with van der Waals surface area (Å²) in [6.07, 6.45) is 1.70. The Kier molecular flexibility index (Phi) is 15.0. The predicted octanol–water partition coefficient (Wildman–Crippen LogP) is 10.7. The molecular weight excluding hydrogens is 1010 g/mol. The van der Waals surface area contributed by atoms with Gasteiger partial charge in [0.15, 0.2) is 5.60 Å². The van der Waals surface area contributed by atoms with E-state index in [-0.39, 0.29) is 53.8 Å². The van der Waals surface area contributed by atoms with Gasteiger partial charge in [0.1, 0.15) is 28.6 Å². The van der Waals surface area contributed by atoms with Crippen LogP contribution in [0.25, 0.3) is 11.0 Å². The van der Waals surface area contributed by atoms with Crippen LogP contribution in [0.1, 0.15) is 104 Å². The van der Waals surface area contributed by atoms with Crippen molar-refractivity contribution in [2.75, 3.05) is 56.6 Å². The van der Waals surface area contributed by atoms with Crippen molar-refractivity contribution < 1.29 is 45.9 Å². The van der Waals surface area contributed by atoms with Crippen LogP contribution in [-0.4, -0.2) is 108 Å². The standard InChI is InChI=1S/C57H65F3N8O8S/c1-37(2)46-6-4-5-7-47(46)51-36-65(35-39-8-11-43(75-3)12-9-39)26-27-67(51)42-31-55(32-42)21-24-66(25-22-55)41-10-14-48(52(29-41)76-44-28-40-18-23-61-53(40)63-34-44)54(69)64-77(73,74)45-13-15-49(50(30-45)68(71)72)62-33-38-16-19-56(70,20-17-38)57(58,59)60/h4-15,18,23,28-30,34,37-38,42,51,62,70H,16-17,19-22,24-27,31-33,35-36H2,1-3H3,(H,61,63)(H,64,69)/t38?,51-,56?/m0/s1. The van der Waals surface area contributed by atoms with Crippen LogP contribution in [0, 0.1) is 21.4 Å². The zero-order valence-electron chi connectivity index (χ0n) is 43.4. The minimum Gasteiger partial charge on any atom is -0.497 e. The van der Waals surface area contributed by atoms with Crippen LogP contribution in [-0.2, 0) is 16.6 Å². The number of fused-ring (bicyclic) bond motifs is 1. The van der Waals surface area contributed by atoms with Crippen LogP contribution in [0.2, 0.25) is 0 Å². The van der Waals surface area contributed by atoms with Gasteiger partial charge in [0.2, 0.25) is 0 Å². The molecule has 16 nitrogen and oxygen atoms in total. The highest BCUT2D eigenvalue weighted by atomic mass is 32.2. The Hall–Kier alpha value is -6.74. The molecule has 2 saturated carbocycles. The maximum absolute atomic E-state index is 14.1. The first-order valence-electron chi connectivity index (χ1n) is 26.4. The lowest BCUT2D eigenvalue weighted by atomic mass is 9.59. The van der Waals surface area contributed by atoms with E-state index in [9.17, 15) is 41.6 Å². The lowest BCUT2D eigenvalue weighted by Crippen LogP contribution is -2.60. The average Bonchev–Trinajstić information content (AvgIpc) is 3.92. The molecule has 0 bridgehead atoms. The number of nitrogens with zero attached hydrogens (tertiary/aromatic N) is 5. The zero-order valence-corrected chi connectivity index (χ0v) is 44.2. The molecule has 2 aromatic heterocycles. The fourth-order valence-corrected chi connectivity index (χ4v) is 13.0. The number of hydrogen-bond acceptors (Lipinski definition) is 13. The SMILES string of the molecule is COc1ccc(CN2CCN(C3CC4(CCN(c5ccc(C(=O)NS(=O)(=O)c6ccc(NCC7CCC(O)(C(F)(F)F)CC7)c([N+](=O)[O-])c6)c(Oc6cnc7[nH]ccc7c6)c5)CC4)C3)[C@H](c3ccccc3C(C)C)C2)cc1. The normalized spacial score (nSPS) is 21.5. The molecule has 6 aromatic rings. The van der Waals surface area contributed by atoms with E-state index in [1.807, 2.05) is 18.2 Å². The van der Waals surface area contributed by atoms with Crippen molar-refractivity contribution >= 4 is 44.0 Å². The first-order valence-corrected chi connectivity index (χ1v) is 27.9. The number of aliphatic hydroxyl groups is 1. The number of carbonyl (C=O) groups is 1. The van der Waals surface area contributed by atoms with Gasteiger partial charge in [-0.15, -0.1) is 0 Å². The van der Waals surface area contributed by atoms with Crippen LogP contribution in [0.15, 0.2) is 114 Å². The number of anilines is 2. The fraction of sp³-hybridized carbons (Fsp3) is 0.439. The van der Waals surface area contributed by atoms with Crippen molar-refractivity contribution in [2.24, 2.45) is 11.3 Å². The number of hydrogen-bond donors (Lipinski definition) is 4. The molecule has 4 heterocycles. The zero-order chi connectivity index (χ0) is 54.3. The van der Waals surface area contributed by atoms with Gasteiger partial charge in [-0.25, -0.2) is 18.1 Å². The molecule has 1 atom stereocenters. The van der Waals surface area contributed by atoms with Crippen molar-refractivity contribution in [1.82, 2.24) is 24.5 Å². The third kappa shape index (κ3) is 11.5. The number of ether oxygens (including phenoxy) is 2. The largest absolute Gasteiger partial charge is 0.497 e. The second-order valence-electron chi connectivity index (χ2n) is 21.8. The molecule has 4 N–H and O–H groups in total. The molecular formula is C57H65F3N8O8S. The number of H-pyrrole nitrogens is 1. The minimum absolute atomic E-state index is 0.0284. The smallest absolute Gasteiger partial charge is 0.417 e. The maximum Gasteiger partial charge on any atom is 0.417 e. The monoisotopic (exact) mass is 1080 g/mol. The van der Waals surface area contributed by atoms with E-state index in [0.717, 1.165) is 93.9 Å². The third-order valence-electron chi connectivity index (χ3n) is 16.6. The van der Waals surface area contributed by atoms with Gasteiger partial charge in [-0.05, 0) is 134 Å². The molecule has 2 aliphatic carbocycles. The summed E-state index contributed by atoms with van der Waals surface area (Å²) in [6, 6.07) is 29.7. The van der Waals surface area contributed by atoms with Gasteiger partial charge < -0.3 is 29.8 Å². The van der Waals surface area contributed by atoms with Crippen molar-refractivity contribution in [1.29, 1.82) is 0 Å². The Morgan fingerprint density at radius 3 is 2.38 bits per heavy atom. The molecule has 4 aliphatic rings. The van der Waals surface area contributed by atoms with E-state index in [1.54, 1.807) is 31.5 Å². The molecule has 1 spiro atoms. The molecule has 4 aromatic carbocycles. The Bertz CT molecular complexity index is 3220. The number of alkyl halides is 3. The van der Waals surface area contributed by atoms with Gasteiger partial charge in [-0.1, -0.05) is 50.2 Å². The van der Waals surface area contributed by atoms with Gasteiger partial charge in [-0.3, -0.25) is 24.7 Å². The molecule has 77 heavy (non-hydrogen) atoms. The quantitative estimate of drug-likeness (QED) is 0.0528. The summed E-state index contributed by atoms with van der Waals surface area (Å²) in [7, 11) is -3.02. The van der Waals surface area contributed by atoms with Gasteiger partial charge in [0.05, 0.1) is 28.7 Å². The Balaban J connectivity index is 0.822. The maximum atomic E-state index is 14.1. The molecule has 408 valence electrons. The van der Waals surface area contributed by atoms with E-state index in [1.165, 1.54) is 35.0 Å². The van der Waals surface area contributed by atoms with Crippen LogP contribution < -0.4 is 24.4 Å². The van der Waals surface area contributed by atoms with Gasteiger partial charge in [0.25, 0.3) is 21.6 Å². The van der Waals surface area contributed by atoms with Crippen LogP contribution in [0.4, 0.5) is 30.2 Å². The van der Waals surface area contributed by atoms with E-state index < -0.39 is 56.1 Å². The van der Waals surface area contributed by atoms with Crippen molar-refractivity contribution in [2.45, 2.75) is 106 Å². The number of carbonyl (C=O) groups excluding carboxylic acids is 1. The predicted molar refractivity (Wildman–Crippen MR) is 287 cm³/mol. The number of sulfonamides is 1. The summed E-state index contributed by atoms with van der Waals surface area (Å²) >= 11 is 0. The molecule has 1 amide bonds. The van der Waals surface area contributed by atoms with Crippen molar-refractivity contribution in [3.05, 3.63) is 142 Å². The summed E-state index contributed by atoms with van der Waals surface area (Å²) in [6.45, 7) is 9.92. The van der Waals surface area contributed by atoms with E-state index in [0.29, 0.717) is 23.4 Å². The molecule has 10 rings (SSSR count). The molecule has 2 saturated heterocycles. The second kappa shape index (κ2) is 21.6. The molecule has 2 aliphatic heterocycles. The van der Waals surface area contributed by atoms with Crippen LogP contribution in [0.3, 0.4) is 0 Å². The number of nitrogens with one attached hydrogen (secondary N) is 3. The number of aromatic nitrogens is 2. The number of amides is 1. The van der Waals surface area contributed by atoms with Crippen molar-refractivity contribution in [3.63, 3.8) is 0 Å². The molecule has 0 unspecified atom stereocenters. The number of pyridine rings is 1. The number of rotatable bonds is 16. The Morgan fingerprint density at radius 2 is 1.68 bits per heavy atom. The molecule has 4 fully saturated rings. The summed E-state index contributed by atoms with van der Waals surface area (Å²) in [5.74, 6) is 0.280. The lowest BCUT2D eigenvalue weighted by Gasteiger charge is -2.58. The van der Waals surface area contributed by atoms with Crippen LogP contribution in [0.5, 0.6) is 17.2 Å². The molecule has 0 radical (unpaired) electrons. The van der Waals surface area contributed by atoms with Gasteiger partial charge in [-0.2, -0.15) is 13.2 Å². The van der Waals surface area contributed by atoms with E-state index in [4.69, 9.17) is 9.47 Å². The van der Waals surface area contributed by atoms with E-state index in [2.05, 4.69) is 85.0 Å². The summed E-state index contributed by atoms with van der Waals surface area (Å²) in [5.41, 5.74) is 2.15. The topological polar surface area (TPSA) is 195 Å². The number of nitro benzene ring substituents is 1. The first-order chi connectivity index (χ1) is 36.8. The number of aromatic amines is 1. The number of nitro groups is 1. The van der Waals surface area contributed by atoms with E-state index >= 15 is 0 Å². The average molecular weight is 1080 g/mol. The second-order valence-corrected chi connectivity index (χ2v) is 23.4. The highest BCUT2D eigenvalue weighted by Gasteiger charge is 2.55. The minimum atomic E-state index is -4.77. The highest BCUT2D eigenvalue weighted by molar-refractivity contribution is 7.90. The van der Waals surface area contributed by atoms with Gasteiger partial charge in [0, 0.05) is 87.3 Å². The fourth-order valence-electron chi connectivity index (χ4n) is 12.1. The Morgan fingerprint density at radius 1 is 0.935 bits per heavy atom. The number of methoxy groups -OCH3 is 1. The number of halogens is 3. The number of piperidine rings is 1. The summed E-state index contributed by atoms with van der Waals surface area (Å²) < 4.78 is 81.6. The number of piperazine rings is 1. The first kappa shape index (κ1) is 53.6. The summed E-state index contributed by atoms with van der Waals surface area (Å²) in [5, 5.41) is 25.9. The van der Waals surface area contributed by atoms with Crippen molar-refractivity contribution in [3.8, 4) is 17.2 Å². The van der Waals surface area contributed by atoms with Gasteiger partial charge >= 0.3 is 6.18 Å². The number of benzene rings is 4. The lowest BCUT2D eigenvalue weighted by molar-refractivity contribution is -0.384. The third-order valence-corrected chi connectivity index (χ3v) is 17.9. The summed E-state index contributed by atoms with van der Waals surface area (Å²) in [4.78, 5) is 40.1. The Labute approximate surface area is 446 Å². The molecule has 20 heteroatoms. The van der Waals surface area contributed by atoms with Crippen LogP contribution >= 0.6 is 0 Å².